The standard InChI is InChI=1S/3C17H15F4N3O3S/c3*1-24-15(17(25)22-11-6-12(19)16(21)13(20)7-11)8-14(23-28(24,26)27)9-2-4-10(18)5-3-9/h3*2-7,14-15,23H,8H2,1H3,(H,22,25)/t2*14-,15+;/m10./s1. The Balaban J connectivity index is 0.000000181. The van der Waals surface area contributed by atoms with Gasteiger partial charge in [0.1, 0.15) is 35.6 Å². The summed E-state index contributed by atoms with van der Waals surface area (Å²) in [5, 5.41) is 6.57. The van der Waals surface area contributed by atoms with E-state index in [9.17, 15) is 92.3 Å². The van der Waals surface area contributed by atoms with Crippen molar-refractivity contribution < 1.29 is 92.3 Å². The lowest BCUT2D eigenvalue weighted by atomic mass is 9.99. The van der Waals surface area contributed by atoms with Gasteiger partial charge in [-0.25, -0.2) is 52.7 Å². The molecule has 9 rings (SSSR count). The monoisotopic (exact) mass is 1250 g/mol. The van der Waals surface area contributed by atoms with E-state index in [-0.39, 0.29) is 36.3 Å². The van der Waals surface area contributed by atoms with Gasteiger partial charge in [0.25, 0.3) is 30.6 Å². The first-order chi connectivity index (χ1) is 39.2. The highest BCUT2D eigenvalue weighted by atomic mass is 32.2. The normalized spacial score (nSPS) is 22.0. The molecule has 3 fully saturated rings. The van der Waals surface area contributed by atoms with Gasteiger partial charge in [0.2, 0.25) is 17.7 Å². The van der Waals surface area contributed by atoms with Crippen LogP contribution in [0.25, 0.3) is 0 Å². The summed E-state index contributed by atoms with van der Waals surface area (Å²) in [5.41, 5.74) is 0.247. The number of halogens is 12. The highest BCUT2D eigenvalue weighted by Gasteiger charge is 2.43. The number of benzene rings is 6. The quantitative estimate of drug-likeness (QED) is 0.0625. The Morgan fingerprint density at radius 2 is 0.560 bits per heavy atom. The Morgan fingerprint density at radius 1 is 0.369 bits per heavy atom. The number of nitrogens with one attached hydrogen (secondary N) is 6. The number of rotatable bonds is 9. The van der Waals surface area contributed by atoms with Crippen molar-refractivity contribution in [3.05, 3.63) is 196 Å². The number of amides is 3. The minimum absolute atomic E-state index is 0.0284. The fraction of sp³-hybridized carbons (Fsp3) is 0.235. The average Bonchev–Trinajstić information content (AvgIpc) is 1.81. The van der Waals surface area contributed by atoms with Crippen LogP contribution in [0.2, 0.25) is 0 Å². The predicted molar refractivity (Wildman–Crippen MR) is 277 cm³/mol. The molecule has 84 heavy (non-hydrogen) atoms. The van der Waals surface area contributed by atoms with Gasteiger partial charge in [-0.2, -0.15) is 52.3 Å². The Kier molecular flexibility index (Phi) is 19.7. The summed E-state index contributed by atoms with van der Waals surface area (Å²) in [6.07, 6.45) is -0.0853. The maximum absolute atomic E-state index is 13.3. The molecule has 18 nitrogen and oxygen atoms in total. The Labute approximate surface area is 471 Å². The number of carbonyl (C=O) groups excluding carboxylic acids is 3. The largest absolute Gasteiger partial charge is 0.324 e. The summed E-state index contributed by atoms with van der Waals surface area (Å²) in [6, 6.07) is 12.6. The molecule has 0 saturated carbocycles. The molecular weight excluding hydrogens is 1210 g/mol. The second-order valence-corrected chi connectivity index (χ2v) is 24.0. The second kappa shape index (κ2) is 25.8. The van der Waals surface area contributed by atoms with Gasteiger partial charge in [-0.3, -0.25) is 14.4 Å². The summed E-state index contributed by atoms with van der Waals surface area (Å²) in [7, 11) is -8.68. The minimum Gasteiger partial charge on any atom is -0.324 e. The summed E-state index contributed by atoms with van der Waals surface area (Å²) in [5.74, 6) is -18.1. The average molecular weight is 1250 g/mol. The van der Waals surface area contributed by atoms with Gasteiger partial charge in [-0.05, 0) is 72.4 Å². The van der Waals surface area contributed by atoms with E-state index in [0.717, 1.165) is 49.3 Å². The zero-order chi connectivity index (χ0) is 61.9. The minimum atomic E-state index is -4.06. The van der Waals surface area contributed by atoms with Gasteiger partial charge in [-0.1, -0.05) is 36.4 Å². The van der Waals surface area contributed by atoms with Gasteiger partial charge in [0.15, 0.2) is 52.4 Å². The third kappa shape index (κ3) is 15.1. The molecule has 33 heteroatoms. The Bertz CT molecular complexity index is 3370. The molecule has 0 aromatic heterocycles. The van der Waals surface area contributed by atoms with Gasteiger partial charge >= 0.3 is 0 Å². The third-order valence-corrected chi connectivity index (χ3v) is 18.0. The van der Waals surface area contributed by atoms with E-state index in [1.807, 2.05) is 0 Å². The molecule has 6 aromatic carbocycles. The smallest absolute Gasteiger partial charge is 0.280 e. The van der Waals surface area contributed by atoms with E-state index in [1.54, 1.807) is 0 Å². The van der Waals surface area contributed by atoms with Crippen molar-refractivity contribution in [1.29, 1.82) is 0 Å². The first kappa shape index (κ1) is 64.1. The molecular formula is C51H45F12N9O9S3. The SMILES string of the molecule is CN1C(C(=O)Nc2cc(F)c(F)c(F)c2)CC(c2ccc(F)cc2)NS1(=O)=O.CN1[C@@H](C(=O)Nc2cc(F)c(F)c(F)c2)C[C@@H](c2ccc(F)cc2)NS1(=O)=O.CN1[C@H](C(=O)Nc2cc(F)c(F)c(F)c2)C[C@H](c2ccc(F)cc2)NS1(=O)=O. The molecule has 6 atom stereocenters. The lowest BCUT2D eigenvalue weighted by Crippen LogP contribution is -2.55. The zero-order valence-electron chi connectivity index (χ0n) is 43.3. The van der Waals surface area contributed by atoms with Gasteiger partial charge in [0.05, 0.1) is 0 Å². The van der Waals surface area contributed by atoms with Crippen LogP contribution in [0.5, 0.6) is 0 Å². The van der Waals surface area contributed by atoms with Crippen LogP contribution < -0.4 is 30.1 Å². The predicted octanol–water partition coefficient (Wildman–Crippen LogP) is 7.38. The molecule has 0 bridgehead atoms. The summed E-state index contributed by atoms with van der Waals surface area (Å²) in [4.78, 5) is 37.7. The van der Waals surface area contributed by atoms with E-state index >= 15 is 0 Å². The van der Waals surface area contributed by atoms with Crippen LogP contribution in [0, 0.1) is 69.8 Å². The fourth-order valence-corrected chi connectivity index (χ4v) is 12.4. The zero-order valence-corrected chi connectivity index (χ0v) is 45.7. The molecule has 3 aliphatic heterocycles. The molecule has 0 aliphatic carbocycles. The number of hydrogen-bond acceptors (Lipinski definition) is 9. The van der Waals surface area contributed by atoms with Gasteiger partial charge in [-0.15, -0.1) is 0 Å². The summed E-state index contributed by atoms with van der Waals surface area (Å²) in [6.45, 7) is 0. The van der Waals surface area contributed by atoms with Crippen LogP contribution in [0.1, 0.15) is 54.1 Å². The first-order valence-electron chi connectivity index (χ1n) is 24.1. The number of nitrogens with zero attached hydrogens (tertiary/aromatic N) is 3. The molecule has 3 saturated heterocycles. The van der Waals surface area contributed by atoms with Gasteiger partial charge in [0, 0.05) is 92.7 Å². The Morgan fingerprint density at radius 3 is 0.750 bits per heavy atom. The van der Waals surface area contributed by atoms with Crippen molar-refractivity contribution in [1.82, 2.24) is 27.1 Å². The van der Waals surface area contributed by atoms with E-state index in [4.69, 9.17) is 0 Å². The molecule has 450 valence electrons. The number of carbonyl (C=O) groups is 3. The van der Waals surface area contributed by atoms with Crippen molar-refractivity contribution in [2.45, 2.75) is 55.5 Å². The second-order valence-electron chi connectivity index (χ2n) is 18.7. The van der Waals surface area contributed by atoms with Crippen LogP contribution in [0.15, 0.2) is 109 Å². The van der Waals surface area contributed by atoms with Crippen molar-refractivity contribution in [3.8, 4) is 0 Å². The molecule has 6 N–H and O–H groups in total. The highest BCUT2D eigenvalue weighted by molar-refractivity contribution is 7.87. The molecule has 3 amide bonds. The third-order valence-electron chi connectivity index (χ3n) is 13.2. The van der Waals surface area contributed by atoms with Gasteiger partial charge < -0.3 is 16.0 Å². The molecule has 0 spiro atoms. The van der Waals surface area contributed by atoms with Crippen molar-refractivity contribution in [2.24, 2.45) is 0 Å². The Hall–Kier alpha value is -7.50. The summed E-state index contributed by atoms with van der Waals surface area (Å²) < 4.78 is 242. The van der Waals surface area contributed by atoms with Crippen molar-refractivity contribution in [3.63, 3.8) is 0 Å². The molecule has 2 unspecified atom stereocenters. The lowest BCUT2D eigenvalue weighted by molar-refractivity contribution is -0.120. The highest BCUT2D eigenvalue weighted by Crippen LogP contribution is 2.33. The van der Waals surface area contributed by atoms with E-state index < -0.39 is 154 Å². The fourth-order valence-electron chi connectivity index (χ4n) is 8.62. The van der Waals surface area contributed by atoms with Crippen LogP contribution in [-0.4, -0.2) is 95.2 Å². The molecule has 3 heterocycles. The van der Waals surface area contributed by atoms with E-state index in [0.29, 0.717) is 53.1 Å². The van der Waals surface area contributed by atoms with E-state index in [1.165, 1.54) is 57.5 Å². The number of anilines is 3. The maximum Gasteiger partial charge on any atom is 0.280 e. The maximum atomic E-state index is 13.3. The molecule has 6 aromatic rings. The van der Waals surface area contributed by atoms with E-state index in [2.05, 4.69) is 30.1 Å². The molecule has 3 aliphatic rings. The number of hydrogen-bond donors (Lipinski definition) is 6. The number of likely N-dealkylation sites (N-methyl/N-ethyl adjacent to an activating group) is 3. The van der Waals surface area contributed by atoms with Crippen LogP contribution in [0.4, 0.5) is 69.7 Å². The van der Waals surface area contributed by atoms with Crippen LogP contribution in [-0.2, 0) is 45.0 Å². The van der Waals surface area contributed by atoms with Crippen molar-refractivity contribution >= 4 is 65.4 Å². The van der Waals surface area contributed by atoms with Crippen LogP contribution >= 0.6 is 0 Å². The summed E-state index contributed by atoms with van der Waals surface area (Å²) >= 11 is 0. The van der Waals surface area contributed by atoms with Crippen molar-refractivity contribution in [2.75, 3.05) is 37.1 Å². The molecule has 0 radical (unpaired) electrons. The first-order valence-corrected chi connectivity index (χ1v) is 28.5. The van der Waals surface area contributed by atoms with Crippen LogP contribution in [0.3, 0.4) is 0 Å². The lowest BCUT2D eigenvalue weighted by Gasteiger charge is -2.36. The topological polar surface area (TPSA) is 236 Å².